The van der Waals surface area contributed by atoms with Crippen molar-refractivity contribution in [2.75, 3.05) is 19.8 Å². The van der Waals surface area contributed by atoms with Crippen molar-refractivity contribution in [2.45, 2.75) is 54.7 Å². The number of rotatable bonds is 9. The van der Waals surface area contributed by atoms with E-state index in [1.165, 1.54) is 18.6 Å². The first kappa shape index (κ1) is 24.3. The van der Waals surface area contributed by atoms with Crippen molar-refractivity contribution in [1.82, 2.24) is 0 Å². The van der Waals surface area contributed by atoms with Crippen LogP contribution in [0, 0.1) is 0 Å². The van der Waals surface area contributed by atoms with Gasteiger partial charge in [-0.25, -0.2) is 0 Å². The Kier molecular flexibility index (Phi) is 10.5. The summed E-state index contributed by atoms with van der Waals surface area (Å²) in [5, 5.41) is 10.1. The Labute approximate surface area is 182 Å². The maximum absolute atomic E-state index is 11.0. The Morgan fingerprint density at radius 1 is 1.31 bits per heavy atom. The second-order valence-electron chi connectivity index (χ2n) is 6.91. The summed E-state index contributed by atoms with van der Waals surface area (Å²) in [4.78, 5) is -0.149. The van der Waals surface area contributed by atoms with Gasteiger partial charge in [0.25, 0.3) is 10.1 Å². The second-order valence-corrected chi connectivity index (χ2v) is 10.2. The normalized spacial score (nSPS) is 21.9. The van der Waals surface area contributed by atoms with E-state index in [0.717, 1.165) is 48.1 Å². The molecule has 26 heavy (non-hydrogen) atoms. The van der Waals surface area contributed by atoms with Crippen LogP contribution in [0.4, 0.5) is 0 Å². The summed E-state index contributed by atoms with van der Waals surface area (Å²) in [6.07, 6.45) is 5.25. The third kappa shape index (κ3) is 8.49. The van der Waals surface area contributed by atoms with Gasteiger partial charge in [0.2, 0.25) is 0 Å². The minimum atomic E-state index is -4.18. The molecule has 2 N–H and O–H groups in total. The summed E-state index contributed by atoms with van der Waals surface area (Å²) in [5.74, 6) is 0. The molecule has 1 aromatic carbocycles. The minimum Gasteiger partial charge on any atom is -1.00 e. The largest absolute Gasteiger partial charge is 1.00 e. The fourth-order valence-corrected chi connectivity index (χ4v) is 4.48. The van der Waals surface area contributed by atoms with E-state index in [4.69, 9.17) is 14.0 Å². The molecule has 6 nitrogen and oxygen atoms in total. The first-order valence-corrected chi connectivity index (χ1v) is 11.2. The van der Waals surface area contributed by atoms with Gasteiger partial charge in [-0.05, 0) is 49.8 Å². The summed E-state index contributed by atoms with van der Waals surface area (Å²) in [6, 6.07) is 5.82. The first-order valence-electron chi connectivity index (χ1n) is 8.75. The maximum atomic E-state index is 11.0. The molecular weight excluding hydrogens is 383 g/mol. The van der Waals surface area contributed by atoms with Crippen LogP contribution in [0.3, 0.4) is 0 Å². The molecule has 1 saturated heterocycles. The van der Waals surface area contributed by atoms with E-state index in [1.807, 2.05) is 0 Å². The topological polar surface area (TPSA) is 93.1 Å². The van der Waals surface area contributed by atoms with Crippen molar-refractivity contribution in [2.24, 2.45) is 0 Å². The quantitative estimate of drug-likeness (QED) is 0.277. The monoisotopic (exact) mass is 412 g/mol. The summed E-state index contributed by atoms with van der Waals surface area (Å²) in [5.41, 5.74) is 0.789. The van der Waals surface area contributed by atoms with Crippen LogP contribution in [0.5, 0.6) is 0 Å². The minimum absolute atomic E-state index is 0. The molecule has 0 saturated carbocycles. The molecule has 0 spiro atoms. The van der Waals surface area contributed by atoms with Crippen LogP contribution in [0.1, 0.15) is 39.1 Å². The SMILES string of the molecule is O=S(=O)(O)c1ccc(CC(O)COCCCC2([SiH3])CCCCO2)cc1.[H-].[Na+]. The molecule has 2 unspecified atom stereocenters. The molecule has 1 fully saturated rings. The number of benzene rings is 1. The van der Waals surface area contributed by atoms with Crippen LogP contribution in [0.2, 0.25) is 0 Å². The number of hydrogen-bond acceptors (Lipinski definition) is 5. The van der Waals surface area contributed by atoms with Crippen LogP contribution in [-0.2, 0) is 26.0 Å². The predicted octanol–water partition coefficient (Wildman–Crippen LogP) is -1.99. The number of ether oxygens (including phenoxy) is 2. The van der Waals surface area contributed by atoms with Gasteiger partial charge in [0.15, 0.2) is 0 Å². The number of hydrogen-bond donors (Lipinski definition) is 2. The molecule has 1 aliphatic rings. The van der Waals surface area contributed by atoms with Crippen molar-refractivity contribution in [1.29, 1.82) is 0 Å². The Morgan fingerprint density at radius 2 is 2.00 bits per heavy atom. The molecule has 0 aromatic heterocycles. The van der Waals surface area contributed by atoms with Crippen molar-refractivity contribution >= 4 is 20.4 Å². The molecule has 1 aromatic rings. The van der Waals surface area contributed by atoms with Gasteiger partial charge in [-0.2, -0.15) is 8.42 Å². The van der Waals surface area contributed by atoms with E-state index in [-0.39, 0.29) is 47.7 Å². The molecule has 2 rings (SSSR count). The van der Waals surface area contributed by atoms with Gasteiger partial charge in [0.1, 0.15) is 0 Å². The molecule has 0 bridgehead atoms. The van der Waals surface area contributed by atoms with E-state index in [0.29, 0.717) is 13.0 Å². The van der Waals surface area contributed by atoms with Crippen molar-refractivity contribution < 1.29 is 58.5 Å². The van der Waals surface area contributed by atoms with Crippen molar-refractivity contribution in [3.05, 3.63) is 29.8 Å². The van der Waals surface area contributed by atoms with Gasteiger partial charge in [-0.15, -0.1) is 0 Å². The van der Waals surface area contributed by atoms with Crippen LogP contribution in [0.15, 0.2) is 29.2 Å². The van der Waals surface area contributed by atoms with E-state index >= 15 is 0 Å². The van der Waals surface area contributed by atoms with Gasteiger partial charge in [0, 0.05) is 35.1 Å². The molecule has 144 valence electrons. The third-order valence-electron chi connectivity index (χ3n) is 4.55. The fourth-order valence-electron chi connectivity index (χ4n) is 3.08. The van der Waals surface area contributed by atoms with Crippen molar-refractivity contribution in [3.63, 3.8) is 0 Å². The van der Waals surface area contributed by atoms with Gasteiger partial charge in [0.05, 0.1) is 17.6 Å². The molecule has 0 amide bonds. The molecule has 0 radical (unpaired) electrons. The van der Waals surface area contributed by atoms with Crippen molar-refractivity contribution in [3.8, 4) is 0 Å². The Bertz CT molecular complexity index is 637. The molecule has 9 heteroatoms. The summed E-state index contributed by atoms with van der Waals surface area (Å²) in [7, 11) is -3.14. The molecule has 2 atom stereocenters. The zero-order valence-corrected chi connectivity index (χ0v) is 20.5. The van der Waals surface area contributed by atoms with E-state index in [2.05, 4.69) is 0 Å². The molecular formula is C17H29NaO6SSi. The molecule has 1 heterocycles. The van der Waals surface area contributed by atoms with Gasteiger partial charge in [-0.1, -0.05) is 12.1 Å². The standard InChI is InChI=1S/C17H28O6SSi.Na.H/c18-15(12-14-4-6-16(7-5-14)24(19,20)21)13-22-10-3-9-17(25)8-1-2-11-23-17;;/h4-7,15,18H,1-3,8-13H2,25H3,(H,19,20,21);;/q;+1;-1. The Hall–Kier alpha value is 0.227. The summed E-state index contributed by atoms with van der Waals surface area (Å²) in [6.45, 7) is 1.72. The van der Waals surface area contributed by atoms with Gasteiger partial charge in [-0.3, -0.25) is 4.55 Å². The van der Waals surface area contributed by atoms with Crippen LogP contribution < -0.4 is 29.6 Å². The van der Waals surface area contributed by atoms with Crippen LogP contribution in [0.25, 0.3) is 0 Å². The smallest absolute Gasteiger partial charge is 1.00 e. The Morgan fingerprint density at radius 3 is 2.58 bits per heavy atom. The summed E-state index contributed by atoms with van der Waals surface area (Å²) < 4.78 is 42.4. The second kappa shape index (κ2) is 11.3. The average molecular weight is 413 g/mol. The maximum Gasteiger partial charge on any atom is 1.00 e. The van der Waals surface area contributed by atoms with Gasteiger partial charge >= 0.3 is 29.6 Å². The van der Waals surface area contributed by atoms with E-state index in [1.54, 1.807) is 12.1 Å². The number of aliphatic hydroxyl groups is 1. The van der Waals surface area contributed by atoms with E-state index < -0.39 is 16.2 Å². The first-order chi connectivity index (χ1) is 11.8. The van der Waals surface area contributed by atoms with Gasteiger partial charge < -0.3 is 16.0 Å². The average Bonchev–Trinajstić information content (AvgIpc) is 2.55. The summed E-state index contributed by atoms with van der Waals surface area (Å²) >= 11 is 0. The fraction of sp³-hybridized carbons (Fsp3) is 0.647. The van der Waals surface area contributed by atoms with E-state index in [9.17, 15) is 13.5 Å². The van der Waals surface area contributed by atoms with Crippen LogP contribution >= 0.6 is 0 Å². The predicted molar refractivity (Wildman–Crippen MR) is 99.6 cm³/mol. The molecule has 1 aliphatic heterocycles. The number of aliphatic hydroxyl groups excluding tert-OH is 1. The zero-order chi connectivity index (χ0) is 18.3. The zero-order valence-electron chi connectivity index (χ0n) is 16.7. The Balaban J connectivity index is 0.00000338. The van der Waals surface area contributed by atoms with Crippen LogP contribution in [-0.4, -0.2) is 59.5 Å². The molecule has 0 aliphatic carbocycles. The third-order valence-corrected chi connectivity index (χ3v) is 6.70.